The molecule has 4 nitrogen and oxygen atoms in total. The number of rotatable bonds is 7. The summed E-state index contributed by atoms with van der Waals surface area (Å²) < 4.78 is 0. The molecule has 0 atom stereocenters. The SMILES string of the molecule is CCNC(=NCCCCc1nc(C)cs1)NC1CCCCC1. The highest BCUT2D eigenvalue weighted by Gasteiger charge is 2.14. The average Bonchev–Trinajstić information content (AvgIpc) is 2.93. The van der Waals surface area contributed by atoms with Gasteiger partial charge in [0, 0.05) is 30.2 Å². The van der Waals surface area contributed by atoms with E-state index < -0.39 is 0 Å². The molecule has 1 heterocycles. The minimum absolute atomic E-state index is 0.616. The summed E-state index contributed by atoms with van der Waals surface area (Å²) in [5, 5.41) is 10.4. The summed E-state index contributed by atoms with van der Waals surface area (Å²) in [6.07, 6.45) is 10.0. The third-order valence-corrected chi connectivity index (χ3v) is 5.05. The lowest BCUT2D eigenvalue weighted by Gasteiger charge is -2.24. The molecule has 0 radical (unpaired) electrons. The molecule has 2 rings (SSSR count). The van der Waals surface area contributed by atoms with Crippen molar-refractivity contribution in [1.82, 2.24) is 15.6 Å². The minimum Gasteiger partial charge on any atom is -0.357 e. The first kappa shape index (κ1) is 17.3. The van der Waals surface area contributed by atoms with Gasteiger partial charge in [0.05, 0.1) is 5.01 Å². The number of hydrogen-bond donors (Lipinski definition) is 2. The number of guanidine groups is 1. The first-order valence-corrected chi connectivity index (χ1v) is 9.61. The predicted molar refractivity (Wildman–Crippen MR) is 95.8 cm³/mol. The second-order valence-corrected chi connectivity index (χ2v) is 7.02. The van der Waals surface area contributed by atoms with Crippen LogP contribution in [0.5, 0.6) is 0 Å². The van der Waals surface area contributed by atoms with E-state index in [2.05, 4.69) is 34.8 Å². The molecule has 0 amide bonds. The monoisotopic (exact) mass is 322 g/mol. The molecule has 0 unspecified atom stereocenters. The van der Waals surface area contributed by atoms with Crippen molar-refractivity contribution < 1.29 is 0 Å². The molecule has 1 aromatic rings. The Kier molecular flexibility index (Phi) is 7.71. The lowest BCUT2D eigenvalue weighted by atomic mass is 9.96. The van der Waals surface area contributed by atoms with Crippen LogP contribution in [0.4, 0.5) is 0 Å². The van der Waals surface area contributed by atoms with Crippen molar-refractivity contribution in [2.45, 2.75) is 71.3 Å². The summed E-state index contributed by atoms with van der Waals surface area (Å²) in [4.78, 5) is 9.23. The van der Waals surface area contributed by atoms with Crippen molar-refractivity contribution in [2.75, 3.05) is 13.1 Å². The molecule has 1 fully saturated rings. The Labute approximate surface area is 138 Å². The van der Waals surface area contributed by atoms with Gasteiger partial charge in [0.1, 0.15) is 0 Å². The molecule has 0 aromatic carbocycles. The summed E-state index contributed by atoms with van der Waals surface area (Å²) in [5.74, 6) is 1.000. The fourth-order valence-corrected chi connectivity index (χ4v) is 3.67. The van der Waals surface area contributed by atoms with E-state index in [9.17, 15) is 0 Å². The fraction of sp³-hybridized carbons (Fsp3) is 0.765. The maximum Gasteiger partial charge on any atom is 0.191 e. The summed E-state index contributed by atoms with van der Waals surface area (Å²) in [6.45, 7) is 6.01. The highest BCUT2D eigenvalue weighted by Crippen LogP contribution is 2.17. The van der Waals surface area contributed by atoms with Crippen LogP contribution in [0.3, 0.4) is 0 Å². The van der Waals surface area contributed by atoms with Gasteiger partial charge in [-0.1, -0.05) is 19.3 Å². The Morgan fingerprint density at radius 3 is 2.82 bits per heavy atom. The van der Waals surface area contributed by atoms with Crippen LogP contribution in [0.25, 0.3) is 0 Å². The van der Waals surface area contributed by atoms with Crippen LogP contribution in [-0.2, 0) is 6.42 Å². The molecule has 5 heteroatoms. The number of thiazole rings is 1. The number of unbranched alkanes of at least 4 members (excludes halogenated alkanes) is 1. The van der Waals surface area contributed by atoms with Crippen LogP contribution in [0, 0.1) is 6.92 Å². The quantitative estimate of drug-likeness (QED) is 0.457. The number of nitrogens with one attached hydrogen (secondary N) is 2. The first-order valence-electron chi connectivity index (χ1n) is 8.73. The number of hydrogen-bond acceptors (Lipinski definition) is 3. The van der Waals surface area contributed by atoms with Crippen LogP contribution in [-0.4, -0.2) is 30.1 Å². The highest BCUT2D eigenvalue weighted by atomic mass is 32.1. The van der Waals surface area contributed by atoms with E-state index in [1.807, 2.05) is 0 Å². The Morgan fingerprint density at radius 2 is 2.14 bits per heavy atom. The lowest BCUT2D eigenvalue weighted by molar-refractivity contribution is 0.410. The lowest BCUT2D eigenvalue weighted by Crippen LogP contribution is -2.44. The van der Waals surface area contributed by atoms with Crippen LogP contribution < -0.4 is 10.6 Å². The van der Waals surface area contributed by atoms with E-state index in [1.54, 1.807) is 11.3 Å². The third-order valence-electron chi connectivity index (χ3n) is 4.03. The maximum absolute atomic E-state index is 4.72. The van der Waals surface area contributed by atoms with Gasteiger partial charge in [-0.05, 0) is 46.0 Å². The molecule has 2 N–H and O–H groups in total. The Hall–Kier alpha value is -1.10. The number of aliphatic imine (C=N–C) groups is 1. The van der Waals surface area contributed by atoms with Crippen LogP contribution in [0.1, 0.15) is 62.6 Å². The van der Waals surface area contributed by atoms with Gasteiger partial charge < -0.3 is 10.6 Å². The molecule has 1 aromatic heterocycles. The molecule has 0 aliphatic heterocycles. The van der Waals surface area contributed by atoms with Crippen LogP contribution >= 0.6 is 11.3 Å². The summed E-state index contributed by atoms with van der Waals surface area (Å²) in [5.41, 5.74) is 1.14. The van der Waals surface area contributed by atoms with Crippen molar-refractivity contribution in [2.24, 2.45) is 4.99 Å². The van der Waals surface area contributed by atoms with E-state index in [1.165, 1.54) is 43.5 Å². The van der Waals surface area contributed by atoms with Crippen LogP contribution in [0.2, 0.25) is 0 Å². The standard InChI is InChI=1S/C17H30N4S/c1-3-18-17(21-15-9-5-4-6-10-15)19-12-8-7-11-16-20-14(2)13-22-16/h13,15H,3-12H2,1-2H3,(H2,18,19,21). The van der Waals surface area contributed by atoms with E-state index >= 15 is 0 Å². The largest absolute Gasteiger partial charge is 0.357 e. The zero-order valence-corrected chi connectivity index (χ0v) is 14.8. The minimum atomic E-state index is 0.616. The normalized spacial score (nSPS) is 16.7. The number of nitrogens with zero attached hydrogens (tertiary/aromatic N) is 2. The number of aryl methyl sites for hydroxylation is 2. The van der Waals surface area contributed by atoms with E-state index in [-0.39, 0.29) is 0 Å². The Balaban J connectivity index is 1.67. The molecule has 1 aliphatic rings. The summed E-state index contributed by atoms with van der Waals surface area (Å²) >= 11 is 1.77. The van der Waals surface area contributed by atoms with E-state index in [4.69, 9.17) is 4.99 Å². The molecule has 22 heavy (non-hydrogen) atoms. The van der Waals surface area contributed by atoms with Crippen molar-refractivity contribution in [3.63, 3.8) is 0 Å². The third kappa shape index (κ3) is 6.34. The molecule has 1 saturated carbocycles. The molecule has 124 valence electrons. The van der Waals surface area contributed by atoms with E-state index in [0.717, 1.165) is 37.6 Å². The van der Waals surface area contributed by atoms with Gasteiger partial charge in [-0.25, -0.2) is 4.98 Å². The molecular weight excluding hydrogens is 292 g/mol. The molecular formula is C17H30N4S. The van der Waals surface area contributed by atoms with Crippen LogP contribution in [0.15, 0.2) is 10.4 Å². The Bertz CT molecular complexity index is 449. The molecule has 0 spiro atoms. The van der Waals surface area contributed by atoms with Gasteiger partial charge in [0.15, 0.2) is 5.96 Å². The Morgan fingerprint density at radius 1 is 1.32 bits per heavy atom. The highest BCUT2D eigenvalue weighted by molar-refractivity contribution is 7.09. The summed E-state index contributed by atoms with van der Waals surface area (Å²) in [7, 11) is 0. The topological polar surface area (TPSA) is 49.3 Å². The van der Waals surface area contributed by atoms with Gasteiger partial charge in [-0.2, -0.15) is 0 Å². The zero-order valence-electron chi connectivity index (χ0n) is 14.0. The second-order valence-electron chi connectivity index (χ2n) is 6.08. The van der Waals surface area contributed by atoms with Gasteiger partial charge >= 0.3 is 0 Å². The zero-order chi connectivity index (χ0) is 15.6. The smallest absolute Gasteiger partial charge is 0.191 e. The average molecular weight is 323 g/mol. The van der Waals surface area contributed by atoms with Crippen molar-refractivity contribution in [1.29, 1.82) is 0 Å². The van der Waals surface area contributed by atoms with Crippen molar-refractivity contribution in [3.05, 3.63) is 16.1 Å². The van der Waals surface area contributed by atoms with E-state index in [0.29, 0.717) is 6.04 Å². The number of aromatic nitrogens is 1. The van der Waals surface area contributed by atoms with Gasteiger partial charge in [0.25, 0.3) is 0 Å². The predicted octanol–water partition coefficient (Wildman–Crippen LogP) is 3.66. The molecule has 0 saturated heterocycles. The molecule has 1 aliphatic carbocycles. The first-order chi connectivity index (χ1) is 10.8. The van der Waals surface area contributed by atoms with Gasteiger partial charge in [-0.3, -0.25) is 4.99 Å². The fourth-order valence-electron chi connectivity index (χ4n) is 2.86. The summed E-state index contributed by atoms with van der Waals surface area (Å²) in [6, 6.07) is 0.616. The second kappa shape index (κ2) is 9.82. The maximum atomic E-state index is 4.72. The van der Waals surface area contributed by atoms with Gasteiger partial charge in [0.2, 0.25) is 0 Å². The molecule has 0 bridgehead atoms. The van der Waals surface area contributed by atoms with Crippen molar-refractivity contribution in [3.8, 4) is 0 Å². The van der Waals surface area contributed by atoms with Crippen molar-refractivity contribution >= 4 is 17.3 Å². The van der Waals surface area contributed by atoms with Gasteiger partial charge in [-0.15, -0.1) is 11.3 Å².